The molecular weight excluding hydrogens is 332 g/mol. The average molecular weight is 351 g/mol. The molecule has 0 aliphatic heterocycles. The van der Waals surface area contributed by atoms with Gasteiger partial charge in [0, 0.05) is 30.3 Å². The highest BCUT2D eigenvalue weighted by Gasteiger charge is 2.23. The lowest BCUT2D eigenvalue weighted by Gasteiger charge is -2.21. The molecule has 0 bridgehead atoms. The van der Waals surface area contributed by atoms with Crippen molar-refractivity contribution in [3.63, 3.8) is 0 Å². The Kier molecular flexibility index (Phi) is 4.46. The maximum atomic E-state index is 5.08. The van der Waals surface area contributed by atoms with Crippen molar-refractivity contribution in [1.82, 2.24) is 15.0 Å². The van der Waals surface area contributed by atoms with Crippen LogP contribution in [0.25, 0.3) is 11.4 Å². The summed E-state index contributed by atoms with van der Waals surface area (Å²) in [5.41, 5.74) is 1.71. The van der Waals surface area contributed by atoms with Crippen LogP contribution in [0, 0.1) is 0 Å². The molecule has 0 unspecified atom stereocenters. The fourth-order valence-electron chi connectivity index (χ4n) is 1.87. The van der Waals surface area contributed by atoms with E-state index in [1.165, 1.54) is 0 Å². The molecule has 0 saturated heterocycles. The van der Waals surface area contributed by atoms with Crippen LogP contribution in [0.5, 0.6) is 5.88 Å². The van der Waals surface area contributed by atoms with E-state index in [9.17, 15) is 0 Å². The number of anilines is 1. The van der Waals surface area contributed by atoms with Gasteiger partial charge in [0.15, 0.2) is 5.82 Å². The molecule has 0 fully saturated rings. The third-order valence-corrected chi connectivity index (χ3v) is 3.75. The number of halogens is 1. The Morgan fingerprint density at radius 2 is 1.90 bits per heavy atom. The summed E-state index contributed by atoms with van der Waals surface area (Å²) < 4.78 is 5.97. The number of methoxy groups -OCH3 is 1. The molecule has 0 radical (unpaired) electrons. The summed E-state index contributed by atoms with van der Waals surface area (Å²) in [4.78, 5) is 13.4. The fraction of sp³-hybridized carbons (Fsp3) is 0.400. The Morgan fingerprint density at radius 1 is 1.19 bits per heavy atom. The predicted molar refractivity (Wildman–Crippen MR) is 87.8 cm³/mol. The number of hydrogen-bond acceptors (Lipinski definition) is 5. The van der Waals surface area contributed by atoms with Crippen LogP contribution >= 0.6 is 15.9 Å². The van der Waals surface area contributed by atoms with Crippen molar-refractivity contribution in [3.05, 3.63) is 28.5 Å². The second-order valence-electron chi connectivity index (χ2n) is 5.65. The molecule has 5 nitrogen and oxygen atoms in total. The van der Waals surface area contributed by atoms with Crippen LogP contribution in [-0.2, 0) is 5.41 Å². The van der Waals surface area contributed by atoms with E-state index in [0.717, 1.165) is 21.5 Å². The fourth-order valence-corrected chi connectivity index (χ4v) is 2.84. The molecule has 0 aromatic carbocycles. The Hall–Kier alpha value is -1.69. The number of hydrogen-bond donors (Lipinski definition) is 1. The largest absolute Gasteiger partial charge is 0.481 e. The normalized spacial score (nSPS) is 11.3. The summed E-state index contributed by atoms with van der Waals surface area (Å²) in [5.74, 6) is 1.98. The smallest absolute Gasteiger partial charge is 0.212 e. The first-order valence-corrected chi connectivity index (χ1v) is 7.42. The third kappa shape index (κ3) is 3.32. The number of aromatic nitrogens is 3. The quantitative estimate of drug-likeness (QED) is 0.915. The lowest BCUT2D eigenvalue weighted by Crippen LogP contribution is -2.17. The van der Waals surface area contributed by atoms with Gasteiger partial charge >= 0.3 is 0 Å². The maximum Gasteiger partial charge on any atom is 0.212 e. The predicted octanol–water partition coefficient (Wildman–Crippen LogP) is 3.65. The summed E-state index contributed by atoms with van der Waals surface area (Å²) in [7, 11) is 3.44. The first-order valence-electron chi connectivity index (χ1n) is 6.63. The average Bonchev–Trinajstić information content (AvgIpc) is 2.46. The minimum absolute atomic E-state index is 0.0952. The molecular formula is C15H19BrN4O. The van der Waals surface area contributed by atoms with Gasteiger partial charge in [0.1, 0.15) is 5.82 Å². The number of nitrogens with zero attached hydrogens (tertiary/aromatic N) is 3. The van der Waals surface area contributed by atoms with Crippen LogP contribution in [0.4, 0.5) is 5.82 Å². The molecule has 21 heavy (non-hydrogen) atoms. The highest BCUT2D eigenvalue weighted by Crippen LogP contribution is 2.34. The lowest BCUT2D eigenvalue weighted by molar-refractivity contribution is 0.398. The Morgan fingerprint density at radius 3 is 2.38 bits per heavy atom. The standard InChI is InChI=1S/C15H19BrN4O/c1-15(2,3)12-11(16)14(17-4)20-13(19-12)9-6-7-10(21-5)18-8-9/h6-8H,1-5H3,(H,17,19,20). The number of pyridine rings is 1. The molecule has 2 rings (SSSR count). The van der Waals surface area contributed by atoms with Gasteiger partial charge in [-0.15, -0.1) is 0 Å². The molecule has 0 spiro atoms. The van der Waals surface area contributed by atoms with Crippen LogP contribution in [0.15, 0.2) is 22.8 Å². The first kappa shape index (κ1) is 15.7. The summed E-state index contributed by atoms with van der Waals surface area (Å²) in [6, 6.07) is 3.71. The number of rotatable bonds is 3. The van der Waals surface area contributed by atoms with Gasteiger partial charge in [0.25, 0.3) is 0 Å². The van der Waals surface area contributed by atoms with Gasteiger partial charge in [0.2, 0.25) is 5.88 Å². The summed E-state index contributed by atoms with van der Waals surface area (Å²) >= 11 is 3.58. The second-order valence-corrected chi connectivity index (χ2v) is 6.44. The molecule has 112 valence electrons. The van der Waals surface area contributed by atoms with E-state index < -0.39 is 0 Å². The highest BCUT2D eigenvalue weighted by molar-refractivity contribution is 9.10. The van der Waals surface area contributed by atoms with Crippen molar-refractivity contribution in [2.24, 2.45) is 0 Å². The number of ether oxygens (including phenoxy) is 1. The lowest BCUT2D eigenvalue weighted by atomic mass is 9.91. The monoisotopic (exact) mass is 350 g/mol. The van der Waals surface area contributed by atoms with Gasteiger partial charge < -0.3 is 10.1 Å². The van der Waals surface area contributed by atoms with Gasteiger partial charge in [-0.2, -0.15) is 0 Å². The minimum Gasteiger partial charge on any atom is -0.481 e. The third-order valence-electron chi connectivity index (χ3n) is 3.00. The van der Waals surface area contributed by atoms with Crippen molar-refractivity contribution in [1.29, 1.82) is 0 Å². The van der Waals surface area contributed by atoms with Crippen molar-refractivity contribution >= 4 is 21.7 Å². The van der Waals surface area contributed by atoms with Crippen LogP contribution in [0.3, 0.4) is 0 Å². The Bertz CT molecular complexity index is 635. The molecule has 2 aromatic rings. The topological polar surface area (TPSA) is 59.9 Å². The highest BCUT2D eigenvalue weighted by atomic mass is 79.9. The Labute approximate surface area is 133 Å². The molecule has 0 saturated carbocycles. The number of nitrogens with one attached hydrogen (secondary N) is 1. The molecule has 0 atom stereocenters. The van der Waals surface area contributed by atoms with Crippen LogP contribution < -0.4 is 10.1 Å². The van der Waals surface area contributed by atoms with E-state index in [1.807, 2.05) is 13.1 Å². The summed E-state index contributed by atoms with van der Waals surface area (Å²) in [6.45, 7) is 6.36. The second kappa shape index (κ2) is 5.97. The van der Waals surface area contributed by atoms with Gasteiger partial charge in [0.05, 0.1) is 17.3 Å². The van der Waals surface area contributed by atoms with Crippen LogP contribution in [-0.4, -0.2) is 29.1 Å². The molecule has 2 aromatic heterocycles. The molecule has 0 amide bonds. The maximum absolute atomic E-state index is 5.08. The van der Waals surface area contributed by atoms with E-state index in [1.54, 1.807) is 19.4 Å². The van der Waals surface area contributed by atoms with Gasteiger partial charge in [-0.05, 0) is 22.0 Å². The van der Waals surface area contributed by atoms with Crippen LogP contribution in [0.2, 0.25) is 0 Å². The van der Waals surface area contributed by atoms with Gasteiger partial charge in [-0.25, -0.2) is 15.0 Å². The van der Waals surface area contributed by atoms with Crippen LogP contribution in [0.1, 0.15) is 26.5 Å². The first-order chi connectivity index (χ1) is 9.86. The minimum atomic E-state index is -0.0952. The van der Waals surface area contributed by atoms with Crippen molar-refractivity contribution in [3.8, 4) is 17.3 Å². The van der Waals surface area contributed by atoms with Gasteiger partial charge in [-0.1, -0.05) is 20.8 Å². The van der Waals surface area contributed by atoms with E-state index in [4.69, 9.17) is 9.72 Å². The zero-order chi connectivity index (χ0) is 15.6. The van der Waals surface area contributed by atoms with E-state index in [0.29, 0.717) is 11.7 Å². The van der Waals surface area contributed by atoms with Crippen molar-refractivity contribution < 1.29 is 4.74 Å². The zero-order valence-electron chi connectivity index (χ0n) is 12.9. The summed E-state index contributed by atoms with van der Waals surface area (Å²) in [5, 5.41) is 3.10. The SMILES string of the molecule is CNc1nc(-c2ccc(OC)nc2)nc(C(C)(C)C)c1Br. The van der Waals surface area contributed by atoms with Crippen molar-refractivity contribution in [2.45, 2.75) is 26.2 Å². The zero-order valence-corrected chi connectivity index (χ0v) is 14.4. The molecule has 2 heterocycles. The molecule has 0 aliphatic rings. The van der Waals surface area contributed by atoms with Gasteiger partial charge in [-0.3, -0.25) is 0 Å². The molecule has 6 heteroatoms. The molecule has 0 aliphatic carbocycles. The van der Waals surface area contributed by atoms with E-state index >= 15 is 0 Å². The van der Waals surface area contributed by atoms with E-state index in [2.05, 4.69) is 52.0 Å². The Balaban J connectivity index is 2.58. The van der Waals surface area contributed by atoms with Crippen molar-refractivity contribution in [2.75, 3.05) is 19.5 Å². The van der Waals surface area contributed by atoms with E-state index in [-0.39, 0.29) is 5.41 Å². The summed E-state index contributed by atoms with van der Waals surface area (Å²) in [6.07, 6.45) is 1.72. The molecule has 1 N–H and O–H groups in total.